The van der Waals surface area contributed by atoms with Gasteiger partial charge in [-0.15, -0.1) is 0 Å². The molecule has 1 atom stereocenters. The fraction of sp³-hybridized carbons (Fsp3) is 0.179. The van der Waals surface area contributed by atoms with Crippen LogP contribution < -0.4 is 15.5 Å². The summed E-state index contributed by atoms with van der Waals surface area (Å²) in [5, 5.41) is 6.25. The molecule has 1 amide bonds. The summed E-state index contributed by atoms with van der Waals surface area (Å²) in [5.41, 5.74) is 2.41. The van der Waals surface area contributed by atoms with Crippen LogP contribution in [0.1, 0.15) is 22.3 Å². The van der Waals surface area contributed by atoms with Gasteiger partial charge in [-0.25, -0.2) is 9.97 Å². The fourth-order valence-corrected chi connectivity index (χ4v) is 4.39. The van der Waals surface area contributed by atoms with Gasteiger partial charge in [-0.3, -0.25) is 4.79 Å². The summed E-state index contributed by atoms with van der Waals surface area (Å²) < 4.78 is 38.8. The molecule has 1 aliphatic rings. The van der Waals surface area contributed by atoms with Crippen molar-refractivity contribution in [2.75, 3.05) is 28.6 Å². The smallest absolute Gasteiger partial charge is 0.369 e. The van der Waals surface area contributed by atoms with Crippen molar-refractivity contribution in [3.63, 3.8) is 0 Å². The number of nitrogens with zero attached hydrogens (tertiary/aromatic N) is 3. The highest BCUT2D eigenvalue weighted by Gasteiger charge is 2.30. The number of hydrogen-bond acceptors (Lipinski definition) is 5. The first-order valence-electron chi connectivity index (χ1n) is 11.8. The van der Waals surface area contributed by atoms with Gasteiger partial charge in [0.1, 0.15) is 0 Å². The highest BCUT2D eigenvalue weighted by atomic mass is 19.4. The molecule has 0 radical (unpaired) electrons. The van der Waals surface area contributed by atoms with E-state index in [0.717, 1.165) is 37.3 Å². The van der Waals surface area contributed by atoms with Crippen molar-refractivity contribution in [2.24, 2.45) is 0 Å². The first kappa shape index (κ1) is 24.3. The van der Waals surface area contributed by atoms with Gasteiger partial charge < -0.3 is 15.5 Å². The van der Waals surface area contributed by atoms with E-state index in [1.807, 2.05) is 24.3 Å². The van der Waals surface area contributed by atoms with E-state index in [0.29, 0.717) is 28.3 Å². The van der Waals surface area contributed by atoms with E-state index in [-0.39, 0.29) is 11.9 Å². The zero-order valence-electron chi connectivity index (χ0n) is 19.7. The number of carbonyl (C=O) groups excluding carboxylic acids is 1. The lowest BCUT2D eigenvalue weighted by atomic mass is 9.98. The Labute approximate surface area is 212 Å². The van der Waals surface area contributed by atoms with Gasteiger partial charge in [0.25, 0.3) is 5.91 Å². The minimum atomic E-state index is -4.41. The van der Waals surface area contributed by atoms with E-state index >= 15 is 0 Å². The molecule has 6 nitrogen and oxygen atoms in total. The predicted octanol–water partition coefficient (Wildman–Crippen LogP) is 6.11. The lowest BCUT2D eigenvalue weighted by Crippen LogP contribution is -2.26. The van der Waals surface area contributed by atoms with Gasteiger partial charge in [0.2, 0.25) is 5.95 Å². The molecule has 1 aromatic heterocycles. The molecule has 1 saturated heterocycles. The van der Waals surface area contributed by atoms with Gasteiger partial charge in [0, 0.05) is 48.5 Å². The monoisotopic (exact) mass is 503 g/mol. The molecule has 5 rings (SSSR count). The number of halogens is 3. The quantitative estimate of drug-likeness (QED) is 0.333. The molecule has 1 fully saturated rings. The van der Waals surface area contributed by atoms with Crippen molar-refractivity contribution in [2.45, 2.75) is 18.6 Å². The summed E-state index contributed by atoms with van der Waals surface area (Å²) in [6.07, 6.45) is -0.0458. The summed E-state index contributed by atoms with van der Waals surface area (Å²) >= 11 is 0. The number of hydrogen-bond donors (Lipinski definition) is 2. The second kappa shape index (κ2) is 10.3. The molecular weight excluding hydrogens is 479 g/mol. The highest BCUT2D eigenvalue weighted by Crippen LogP contribution is 2.32. The van der Waals surface area contributed by atoms with E-state index < -0.39 is 11.7 Å². The number of amides is 1. The Bertz CT molecular complexity index is 1360. The molecule has 0 saturated carbocycles. The van der Waals surface area contributed by atoms with Crippen molar-refractivity contribution >= 4 is 23.2 Å². The number of carbonyl (C=O) groups is 1. The van der Waals surface area contributed by atoms with Gasteiger partial charge in [0.05, 0.1) is 5.56 Å². The average Bonchev–Trinajstić information content (AvgIpc) is 3.37. The molecule has 0 bridgehead atoms. The van der Waals surface area contributed by atoms with Crippen LogP contribution >= 0.6 is 0 Å². The van der Waals surface area contributed by atoms with Crippen LogP contribution in [0.2, 0.25) is 0 Å². The Kier molecular flexibility index (Phi) is 6.76. The molecule has 0 spiro atoms. The third-order valence-corrected chi connectivity index (χ3v) is 6.27. The van der Waals surface area contributed by atoms with Crippen LogP contribution in [0.4, 0.5) is 30.5 Å². The van der Waals surface area contributed by atoms with Crippen molar-refractivity contribution in [3.05, 3.63) is 102 Å². The van der Waals surface area contributed by atoms with Gasteiger partial charge in [-0.1, -0.05) is 30.3 Å². The SMILES string of the molecule is O=C(Nc1ccc(N2CCC(Nc3ncccn3)C2)cc1)c1ccccc1-c1ccc(C(F)(F)F)cc1. The molecule has 1 aliphatic heterocycles. The molecule has 37 heavy (non-hydrogen) atoms. The molecule has 2 heterocycles. The zero-order chi connectivity index (χ0) is 25.8. The Morgan fingerprint density at radius 2 is 1.59 bits per heavy atom. The minimum Gasteiger partial charge on any atom is -0.369 e. The highest BCUT2D eigenvalue weighted by molar-refractivity contribution is 6.08. The third-order valence-electron chi connectivity index (χ3n) is 6.27. The predicted molar refractivity (Wildman–Crippen MR) is 138 cm³/mol. The largest absolute Gasteiger partial charge is 0.416 e. The van der Waals surface area contributed by atoms with E-state index in [1.165, 1.54) is 12.1 Å². The lowest BCUT2D eigenvalue weighted by molar-refractivity contribution is -0.137. The maximum atomic E-state index is 13.1. The van der Waals surface area contributed by atoms with E-state index in [4.69, 9.17) is 0 Å². The number of anilines is 3. The molecule has 0 aliphatic carbocycles. The molecule has 4 aromatic rings. The van der Waals surface area contributed by atoms with Gasteiger partial charge in [-0.2, -0.15) is 13.2 Å². The second-order valence-corrected chi connectivity index (χ2v) is 8.77. The van der Waals surface area contributed by atoms with E-state index in [1.54, 1.807) is 42.7 Å². The number of nitrogens with one attached hydrogen (secondary N) is 2. The number of rotatable bonds is 6. The standard InChI is InChI=1S/C28H24F3N5O/c29-28(30,31)20-8-6-19(7-9-20)24-4-1-2-5-25(24)26(37)34-21-10-12-23(13-11-21)36-17-14-22(18-36)35-27-32-15-3-16-33-27/h1-13,15-16,22H,14,17-18H2,(H,34,37)(H,32,33,35). The topological polar surface area (TPSA) is 70.2 Å². The zero-order valence-corrected chi connectivity index (χ0v) is 19.7. The number of benzene rings is 3. The second-order valence-electron chi connectivity index (χ2n) is 8.77. The van der Waals surface area contributed by atoms with Crippen LogP contribution in [-0.4, -0.2) is 35.0 Å². The lowest BCUT2D eigenvalue weighted by Gasteiger charge is -2.19. The molecular formula is C28H24F3N5O. The van der Waals surface area contributed by atoms with Gasteiger partial charge >= 0.3 is 6.18 Å². The van der Waals surface area contributed by atoms with Gasteiger partial charge in [0.15, 0.2) is 0 Å². The van der Waals surface area contributed by atoms with Crippen molar-refractivity contribution in [1.29, 1.82) is 0 Å². The number of aromatic nitrogens is 2. The van der Waals surface area contributed by atoms with E-state index in [9.17, 15) is 18.0 Å². The first-order valence-corrected chi connectivity index (χ1v) is 11.8. The Hall–Kier alpha value is -4.40. The Morgan fingerprint density at radius 1 is 0.892 bits per heavy atom. The van der Waals surface area contributed by atoms with E-state index in [2.05, 4.69) is 25.5 Å². The van der Waals surface area contributed by atoms with Crippen LogP contribution in [0.5, 0.6) is 0 Å². The summed E-state index contributed by atoms with van der Waals surface area (Å²) in [6, 6.07) is 21.3. The molecule has 3 aromatic carbocycles. The van der Waals surface area contributed by atoms with Crippen molar-refractivity contribution in [1.82, 2.24) is 9.97 Å². The normalized spacial score (nSPS) is 15.4. The molecule has 1 unspecified atom stereocenters. The summed E-state index contributed by atoms with van der Waals surface area (Å²) in [7, 11) is 0. The maximum absolute atomic E-state index is 13.1. The summed E-state index contributed by atoms with van der Waals surface area (Å²) in [4.78, 5) is 23.8. The Balaban J connectivity index is 1.24. The number of alkyl halides is 3. The molecule has 9 heteroatoms. The minimum absolute atomic E-state index is 0.239. The van der Waals surface area contributed by atoms with Crippen LogP contribution in [0.3, 0.4) is 0 Å². The first-order chi connectivity index (χ1) is 17.9. The van der Waals surface area contributed by atoms with Gasteiger partial charge in [-0.05, 0) is 66.1 Å². The molecule has 2 N–H and O–H groups in total. The summed E-state index contributed by atoms with van der Waals surface area (Å²) in [5.74, 6) is 0.278. The van der Waals surface area contributed by atoms with Crippen molar-refractivity contribution in [3.8, 4) is 11.1 Å². The van der Waals surface area contributed by atoms with Crippen LogP contribution in [0, 0.1) is 0 Å². The van der Waals surface area contributed by atoms with Crippen LogP contribution in [0.15, 0.2) is 91.3 Å². The molecule has 188 valence electrons. The maximum Gasteiger partial charge on any atom is 0.416 e. The third kappa shape index (κ3) is 5.72. The van der Waals surface area contributed by atoms with Crippen LogP contribution in [0.25, 0.3) is 11.1 Å². The summed E-state index contributed by atoms with van der Waals surface area (Å²) in [6.45, 7) is 1.70. The average molecular weight is 504 g/mol. The van der Waals surface area contributed by atoms with Crippen LogP contribution in [-0.2, 0) is 6.18 Å². The fourth-order valence-electron chi connectivity index (χ4n) is 4.39. The van der Waals surface area contributed by atoms with Crippen molar-refractivity contribution < 1.29 is 18.0 Å². The Morgan fingerprint density at radius 3 is 2.30 bits per heavy atom.